The van der Waals surface area contributed by atoms with E-state index in [4.69, 9.17) is 9.47 Å². The number of para-hydroxylation sites is 1. The molecule has 0 atom stereocenters. The third-order valence-electron chi connectivity index (χ3n) is 3.24. The molecular weight excluding hydrogens is 330 g/mol. The van der Waals surface area contributed by atoms with Crippen molar-refractivity contribution in [3.05, 3.63) is 64.8 Å². The summed E-state index contributed by atoms with van der Waals surface area (Å²) in [6.07, 6.45) is 1.80. The van der Waals surface area contributed by atoms with Gasteiger partial charge in [0.05, 0.1) is 17.1 Å². The fourth-order valence-corrected chi connectivity index (χ4v) is 2.64. The lowest BCUT2D eigenvalue weighted by Crippen LogP contribution is -1.98. The van der Waals surface area contributed by atoms with Gasteiger partial charge in [-0.1, -0.05) is 24.3 Å². The summed E-state index contributed by atoms with van der Waals surface area (Å²) in [6.45, 7) is 0.472. The number of fused-ring (bicyclic) bond motifs is 1. The van der Waals surface area contributed by atoms with E-state index in [1.165, 1.54) is 0 Å². The first kappa shape index (κ1) is 13.9. The molecule has 4 heteroatoms. The van der Waals surface area contributed by atoms with Crippen LogP contribution in [0.15, 0.2) is 59.2 Å². The van der Waals surface area contributed by atoms with Crippen molar-refractivity contribution in [2.75, 3.05) is 7.11 Å². The largest absolute Gasteiger partial charge is 0.497 e. The molecule has 0 unspecified atom stereocenters. The molecule has 1 aromatic heterocycles. The zero-order valence-electron chi connectivity index (χ0n) is 11.5. The summed E-state index contributed by atoms with van der Waals surface area (Å²) in [4.78, 5) is 4.43. The molecule has 0 spiro atoms. The molecule has 2 aromatic carbocycles. The van der Waals surface area contributed by atoms with Crippen molar-refractivity contribution in [3.63, 3.8) is 0 Å². The maximum Gasteiger partial charge on any atom is 0.134 e. The molecule has 0 radical (unpaired) electrons. The van der Waals surface area contributed by atoms with Gasteiger partial charge in [-0.2, -0.15) is 0 Å². The lowest BCUT2D eigenvalue weighted by molar-refractivity contribution is 0.304. The normalized spacial score (nSPS) is 10.6. The van der Waals surface area contributed by atoms with Gasteiger partial charge >= 0.3 is 0 Å². The first-order valence-electron chi connectivity index (χ1n) is 6.57. The van der Waals surface area contributed by atoms with Gasteiger partial charge in [0, 0.05) is 17.1 Å². The minimum atomic E-state index is 0.472. The Morgan fingerprint density at radius 3 is 2.76 bits per heavy atom. The van der Waals surface area contributed by atoms with Crippen molar-refractivity contribution in [2.45, 2.75) is 6.61 Å². The van der Waals surface area contributed by atoms with Gasteiger partial charge in [-0.25, -0.2) is 0 Å². The number of hydrogen-bond acceptors (Lipinski definition) is 3. The van der Waals surface area contributed by atoms with E-state index in [9.17, 15) is 0 Å². The number of ether oxygens (including phenoxy) is 2. The Bertz CT molecular complexity index is 768. The fourth-order valence-electron chi connectivity index (χ4n) is 2.16. The van der Waals surface area contributed by atoms with Gasteiger partial charge in [-0.15, -0.1) is 0 Å². The topological polar surface area (TPSA) is 31.4 Å². The van der Waals surface area contributed by atoms with Gasteiger partial charge < -0.3 is 9.47 Å². The molecule has 106 valence electrons. The quantitative estimate of drug-likeness (QED) is 0.694. The van der Waals surface area contributed by atoms with Crippen molar-refractivity contribution in [1.82, 2.24) is 4.98 Å². The number of nitrogens with zero attached hydrogens (tertiary/aromatic N) is 1. The molecular formula is C17H14BrNO2. The molecule has 3 aromatic rings. The summed E-state index contributed by atoms with van der Waals surface area (Å²) in [5.74, 6) is 1.57. The number of pyridine rings is 1. The third-order valence-corrected chi connectivity index (χ3v) is 3.86. The molecule has 0 saturated carbocycles. The van der Waals surface area contributed by atoms with Gasteiger partial charge in [0.15, 0.2) is 0 Å². The zero-order chi connectivity index (χ0) is 14.7. The Labute approximate surface area is 131 Å². The second-order valence-electron chi connectivity index (χ2n) is 4.58. The van der Waals surface area contributed by atoms with E-state index < -0.39 is 0 Å². The molecule has 0 bridgehead atoms. The lowest BCUT2D eigenvalue weighted by Gasteiger charge is -2.10. The van der Waals surface area contributed by atoms with Crippen LogP contribution in [0.3, 0.4) is 0 Å². The first-order valence-corrected chi connectivity index (χ1v) is 7.36. The van der Waals surface area contributed by atoms with E-state index >= 15 is 0 Å². The standard InChI is InChI=1S/C17H14BrNO2/c1-20-14-7-8-16(15(18)10-14)21-11-13-5-2-4-12-6-3-9-19-17(12)13/h2-10H,11H2,1H3. The maximum atomic E-state index is 5.89. The van der Waals surface area contributed by atoms with Crippen LogP contribution in [0.25, 0.3) is 10.9 Å². The summed E-state index contributed by atoms with van der Waals surface area (Å²) >= 11 is 3.49. The molecule has 0 saturated heterocycles. The van der Waals surface area contributed by atoms with Crippen LogP contribution in [0.4, 0.5) is 0 Å². The highest BCUT2D eigenvalue weighted by Gasteiger charge is 2.06. The molecule has 1 heterocycles. The lowest BCUT2D eigenvalue weighted by atomic mass is 10.1. The minimum absolute atomic E-state index is 0.472. The number of benzene rings is 2. The SMILES string of the molecule is COc1ccc(OCc2cccc3cccnc23)c(Br)c1. The van der Waals surface area contributed by atoms with Gasteiger partial charge in [-0.3, -0.25) is 4.98 Å². The van der Waals surface area contributed by atoms with E-state index in [1.54, 1.807) is 13.3 Å². The highest BCUT2D eigenvalue weighted by atomic mass is 79.9. The van der Waals surface area contributed by atoms with Crippen molar-refractivity contribution >= 4 is 26.8 Å². The van der Waals surface area contributed by atoms with Crippen LogP contribution >= 0.6 is 15.9 Å². The third kappa shape index (κ3) is 3.00. The van der Waals surface area contributed by atoms with Gasteiger partial charge in [-0.05, 0) is 40.2 Å². The molecule has 0 N–H and O–H groups in total. The summed E-state index contributed by atoms with van der Waals surface area (Å²) in [7, 11) is 1.64. The Kier molecular flexibility index (Phi) is 4.06. The Morgan fingerprint density at radius 2 is 1.95 bits per heavy atom. The van der Waals surface area contributed by atoms with Gasteiger partial charge in [0.2, 0.25) is 0 Å². The van der Waals surface area contributed by atoms with E-state index in [0.29, 0.717) is 6.61 Å². The number of methoxy groups -OCH3 is 1. The average Bonchev–Trinajstić information content (AvgIpc) is 2.53. The van der Waals surface area contributed by atoms with Crippen LogP contribution in [0.5, 0.6) is 11.5 Å². The first-order chi connectivity index (χ1) is 10.3. The smallest absolute Gasteiger partial charge is 0.134 e. The van der Waals surface area contributed by atoms with Crippen LogP contribution in [-0.4, -0.2) is 12.1 Å². The molecule has 0 aliphatic heterocycles. The maximum absolute atomic E-state index is 5.89. The second-order valence-corrected chi connectivity index (χ2v) is 5.43. The summed E-state index contributed by atoms with van der Waals surface area (Å²) < 4.78 is 11.9. The average molecular weight is 344 g/mol. The number of hydrogen-bond donors (Lipinski definition) is 0. The van der Waals surface area contributed by atoms with Crippen molar-refractivity contribution in [2.24, 2.45) is 0 Å². The monoisotopic (exact) mass is 343 g/mol. The summed E-state index contributed by atoms with van der Waals surface area (Å²) in [5.41, 5.74) is 2.04. The highest BCUT2D eigenvalue weighted by Crippen LogP contribution is 2.30. The van der Waals surface area contributed by atoms with E-state index in [-0.39, 0.29) is 0 Å². The van der Waals surface area contributed by atoms with E-state index in [1.807, 2.05) is 36.4 Å². The number of halogens is 1. The van der Waals surface area contributed by atoms with Crippen LogP contribution in [0, 0.1) is 0 Å². The van der Waals surface area contributed by atoms with Crippen molar-refractivity contribution < 1.29 is 9.47 Å². The minimum Gasteiger partial charge on any atom is -0.497 e. The molecule has 0 aliphatic carbocycles. The Hall–Kier alpha value is -2.07. The zero-order valence-corrected chi connectivity index (χ0v) is 13.1. The van der Waals surface area contributed by atoms with E-state index in [0.717, 1.165) is 32.4 Å². The number of aromatic nitrogens is 1. The van der Waals surface area contributed by atoms with E-state index in [2.05, 4.69) is 33.0 Å². The second kappa shape index (κ2) is 6.14. The molecule has 21 heavy (non-hydrogen) atoms. The number of rotatable bonds is 4. The van der Waals surface area contributed by atoms with Crippen LogP contribution < -0.4 is 9.47 Å². The van der Waals surface area contributed by atoms with Crippen LogP contribution in [-0.2, 0) is 6.61 Å². The predicted octanol–water partition coefficient (Wildman–Crippen LogP) is 4.58. The summed E-state index contributed by atoms with van der Waals surface area (Å²) in [6, 6.07) is 15.7. The van der Waals surface area contributed by atoms with Crippen molar-refractivity contribution in [1.29, 1.82) is 0 Å². The van der Waals surface area contributed by atoms with Crippen molar-refractivity contribution in [3.8, 4) is 11.5 Å². The van der Waals surface area contributed by atoms with Gasteiger partial charge in [0.1, 0.15) is 18.1 Å². The van der Waals surface area contributed by atoms with Crippen LogP contribution in [0.2, 0.25) is 0 Å². The van der Waals surface area contributed by atoms with Crippen LogP contribution in [0.1, 0.15) is 5.56 Å². The molecule has 3 nitrogen and oxygen atoms in total. The highest BCUT2D eigenvalue weighted by molar-refractivity contribution is 9.10. The predicted molar refractivity (Wildman–Crippen MR) is 86.8 cm³/mol. The summed E-state index contributed by atoms with van der Waals surface area (Å²) in [5, 5.41) is 1.12. The van der Waals surface area contributed by atoms with Gasteiger partial charge in [0.25, 0.3) is 0 Å². The Morgan fingerprint density at radius 1 is 1.10 bits per heavy atom. The molecule has 0 amide bonds. The molecule has 0 fully saturated rings. The molecule has 3 rings (SSSR count). The fraction of sp³-hybridized carbons (Fsp3) is 0.118. The Balaban J connectivity index is 1.84. The molecule has 0 aliphatic rings.